The third kappa shape index (κ3) is 5.03. The van der Waals surface area contributed by atoms with E-state index in [-0.39, 0.29) is 24.0 Å². The molecule has 4 rings (SSSR count). The van der Waals surface area contributed by atoms with Crippen molar-refractivity contribution in [3.05, 3.63) is 100 Å². The van der Waals surface area contributed by atoms with Gasteiger partial charge < -0.3 is 14.7 Å². The topological polar surface area (TPSA) is 79.7 Å². The predicted molar refractivity (Wildman–Crippen MR) is 140 cm³/mol. The van der Waals surface area contributed by atoms with Crippen molar-refractivity contribution in [1.29, 1.82) is 0 Å². The highest BCUT2D eigenvalue weighted by atomic mass is 16.5. The van der Waals surface area contributed by atoms with Crippen LogP contribution >= 0.6 is 0 Å². The minimum atomic E-state index is -0.716. The number of likely N-dealkylation sites (tertiary alicyclic amines) is 1. The van der Waals surface area contributed by atoms with Crippen LogP contribution in [0.4, 0.5) is 0 Å². The number of aliphatic hydroxyl groups excluding tert-OH is 1. The Morgan fingerprint density at radius 3 is 2.25 bits per heavy atom. The number of pyridine rings is 1. The predicted octanol–water partition coefficient (Wildman–Crippen LogP) is 5.92. The number of aryl methyl sites for hydroxylation is 1. The number of Topliss-reactive ketones (excluding diaryl/α,β-unsaturated/α-hetero) is 1. The first-order chi connectivity index (χ1) is 17.2. The lowest BCUT2D eigenvalue weighted by Crippen LogP contribution is -2.29. The van der Waals surface area contributed by atoms with Crippen molar-refractivity contribution in [3.63, 3.8) is 0 Å². The van der Waals surface area contributed by atoms with Gasteiger partial charge in [0.15, 0.2) is 0 Å². The number of benzene rings is 2. The Morgan fingerprint density at radius 1 is 1.00 bits per heavy atom. The van der Waals surface area contributed by atoms with Crippen LogP contribution in [0.2, 0.25) is 0 Å². The molecule has 2 heterocycles. The van der Waals surface area contributed by atoms with Gasteiger partial charge in [-0.25, -0.2) is 0 Å². The van der Waals surface area contributed by atoms with Gasteiger partial charge in [-0.3, -0.25) is 14.6 Å². The third-order valence-electron chi connectivity index (χ3n) is 6.37. The van der Waals surface area contributed by atoms with E-state index in [1.165, 1.54) is 4.90 Å². The summed E-state index contributed by atoms with van der Waals surface area (Å²) in [4.78, 5) is 32.2. The van der Waals surface area contributed by atoms with Gasteiger partial charge in [0.2, 0.25) is 0 Å². The second kappa shape index (κ2) is 10.4. The molecule has 1 unspecified atom stereocenters. The summed E-state index contributed by atoms with van der Waals surface area (Å²) in [7, 11) is 0. The van der Waals surface area contributed by atoms with Crippen LogP contribution in [-0.2, 0) is 16.1 Å². The van der Waals surface area contributed by atoms with Crippen LogP contribution in [0, 0.1) is 6.92 Å². The van der Waals surface area contributed by atoms with E-state index in [1.54, 1.807) is 30.6 Å². The molecule has 6 nitrogen and oxygen atoms in total. The van der Waals surface area contributed by atoms with Crippen LogP contribution in [0.25, 0.3) is 5.76 Å². The van der Waals surface area contributed by atoms with Gasteiger partial charge in [0.1, 0.15) is 11.5 Å². The molecule has 1 aliphatic heterocycles. The molecule has 1 aromatic heterocycles. The van der Waals surface area contributed by atoms with Gasteiger partial charge in [-0.1, -0.05) is 38.1 Å². The number of ketones is 1. The number of hydrogen-bond acceptors (Lipinski definition) is 5. The van der Waals surface area contributed by atoms with Crippen molar-refractivity contribution < 1.29 is 19.4 Å². The van der Waals surface area contributed by atoms with E-state index in [0.29, 0.717) is 17.2 Å². The van der Waals surface area contributed by atoms with Crippen LogP contribution in [0.5, 0.6) is 5.75 Å². The summed E-state index contributed by atoms with van der Waals surface area (Å²) in [5.41, 5.74) is 4.16. The van der Waals surface area contributed by atoms with E-state index in [1.807, 2.05) is 57.2 Å². The Bertz CT molecular complexity index is 1290. The maximum Gasteiger partial charge on any atom is 0.295 e. The molecule has 1 amide bonds. The monoisotopic (exact) mass is 484 g/mol. The number of hydrogen-bond donors (Lipinski definition) is 1. The maximum absolute atomic E-state index is 13.3. The van der Waals surface area contributed by atoms with Gasteiger partial charge in [-0.15, -0.1) is 0 Å². The Labute approximate surface area is 212 Å². The number of rotatable bonds is 7. The van der Waals surface area contributed by atoms with Crippen LogP contribution < -0.4 is 4.74 Å². The van der Waals surface area contributed by atoms with Crippen LogP contribution in [0.1, 0.15) is 67.5 Å². The molecular weight excluding hydrogens is 452 g/mol. The summed E-state index contributed by atoms with van der Waals surface area (Å²) in [6, 6.07) is 16.1. The molecule has 1 atom stereocenters. The first kappa shape index (κ1) is 25.2. The standard InChI is InChI=1S/C30H32N2O4/c1-18(2)22-6-8-23(9-7-22)27-26(28(33)24-10-11-25(20(5)16-24)36-19(3)4)29(34)30(35)32(27)17-21-12-14-31-15-13-21/h6-16,18-19,27,33H,17H2,1-5H3/b28-26-. The molecule has 1 fully saturated rings. The van der Waals surface area contributed by atoms with Crippen LogP contribution in [0.15, 0.2) is 72.6 Å². The lowest BCUT2D eigenvalue weighted by Gasteiger charge is -2.26. The highest BCUT2D eigenvalue weighted by Crippen LogP contribution is 2.41. The zero-order chi connectivity index (χ0) is 26.0. The van der Waals surface area contributed by atoms with Gasteiger partial charge in [-0.2, -0.15) is 0 Å². The average Bonchev–Trinajstić information content (AvgIpc) is 3.10. The van der Waals surface area contributed by atoms with Crippen molar-refractivity contribution in [2.45, 2.75) is 59.2 Å². The molecule has 0 spiro atoms. The largest absolute Gasteiger partial charge is 0.507 e. The molecule has 1 aliphatic rings. The van der Waals surface area contributed by atoms with Crippen molar-refractivity contribution in [2.24, 2.45) is 0 Å². The Hall–Kier alpha value is -3.93. The Balaban J connectivity index is 1.83. The minimum absolute atomic E-state index is 0.00969. The second-order valence-corrected chi connectivity index (χ2v) is 9.75. The van der Waals surface area contributed by atoms with Crippen LogP contribution in [-0.4, -0.2) is 32.8 Å². The molecule has 0 bridgehead atoms. The van der Waals surface area contributed by atoms with E-state index < -0.39 is 17.7 Å². The highest BCUT2D eigenvalue weighted by molar-refractivity contribution is 6.46. The fourth-order valence-electron chi connectivity index (χ4n) is 4.48. The lowest BCUT2D eigenvalue weighted by atomic mass is 9.93. The van der Waals surface area contributed by atoms with Gasteiger partial charge >= 0.3 is 0 Å². The summed E-state index contributed by atoms with van der Waals surface area (Å²) in [6.45, 7) is 10.2. The quantitative estimate of drug-likeness (QED) is 0.256. The van der Waals surface area contributed by atoms with E-state index >= 15 is 0 Å². The van der Waals surface area contributed by atoms with Gasteiger partial charge in [0, 0.05) is 24.5 Å². The Kier molecular flexibility index (Phi) is 7.25. The average molecular weight is 485 g/mol. The molecule has 0 radical (unpaired) electrons. The molecule has 36 heavy (non-hydrogen) atoms. The molecule has 0 aliphatic carbocycles. The number of carbonyl (C=O) groups is 2. The van der Waals surface area contributed by atoms with Gasteiger partial charge in [0.05, 0.1) is 17.7 Å². The molecule has 0 saturated carbocycles. The Morgan fingerprint density at radius 2 is 1.67 bits per heavy atom. The number of carbonyl (C=O) groups excluding carboxylic acids is 2. The summed E-state index contributed by atoms with van der Waals surface area (Å²) >= 11 is 0. The van der Waals surface area contributed by atoms with E-state index in [2.05, 4.69) is 18.8 Å². The summed E-state index contributed by atoms with van der Waals surface area (Å²) in [5, 5.41) is 11.4. The number of aromatic nitrogens is 1. The summed E-state index contributed by atoms with van der Waals surface area (Å²) in [6.07, 6.45) is 3.32. The fourth-order valence-corrected chi connectivity index (χ4v) is 4.48. The number of nitrogens with zero attached hydrogens (tertiary/aromatic N) is 2. The number of ether oxygens (including phenoxy) is 1. The molecule has 2 aromatic carbocycles. The SMILES string of the molecule is Cc1cc(/C(O)=C2/C(=O)C(=O)N(Cc3ccncc3)C2c2ccc(C(C)C)cc2)ccc1OC(C)C. The van der Waals surface area contributed by atoms with Crippen LogP contribution in [0.3, 0.4) is 0 Å². The molecule has 1 saturated heterocycles. The van der Waals surface area contributed by atoms with Crippen molar-refractivity contribution in [2.75, 3.05) is 0 Å². The second-order valence-electron chi connectivity index (χ2n) is 9.75. The normalized spacial score (nSPS) is 17.3. The highest BCUT2D eigenvalue weighted by Gasteiger charge is 2.46. The molecule has 6 heteroatoms. The molecular formula is C30H32N2O4. The molecule has 186 valence electrons. The first-order valence-electron chi connectivity index (χ1n) is 12.2. The minimum Gasteiger partial charge on any atom is -0.507 e. The molecule has 1 N–H and O–H groups in total. The lowest BCUT2D eigenvalue weighted by molar-refractivity contribution is -0.140. The van der Waals surface area contributed by atoms with Crippen molar-refractivity contribution in [3.8, 4) is 5.75 Å². The zero-order valence-corrected chi connectivity index (χ0v) is 21.4. The van der Waals surface area contributed by atoms with E-state index in [0.717, 1.165) is 22.3 Å². The summed E-state index contributed by atoms with van der Waals surface area (Å²) < 4.78 is 5.82. The van der Waals surface area contributed by atoms with E-state index in [9.17, 15) is 14.7 Å². The summed E-state index contributed by atoms with van der Waals surface area (Å²) in [5.74, 6) is -0.470. The first-order valence-corrected chi connectivity index (χ1v) is 12.2. The smallest absolute Gasteiger partial charge is 0.295 e. The number of amides is 1. The number of aliphatic hydroxyl groups is 1. The fraction of sp³-hybridized carbons (Fsp3) is 0.300. The third-order valence-corrected chi connectivity index (χ3v) is 6.37. The van der Waals surface area contributed by atoms with E-state index in [4.69, 9.17) is 4.74 Å². The maximum atomic E-state index is 13.3. The van der Waals surface area contributed by atoms with Gasteiger partial charge in [0.25, 0.3) is 11.7 Å². The van der Waals surface area contributed by atoms with Crippen molar-refractivity contribution >= 4 is 17.4 Å². The zero-order valence-electron chi connectivity index (χ0n) is 21.4. The molecule has 3 aromatic rings. The van der Waals surface area contributed by atoms with Gasteiger partial charge in [-0.05, 0) is 79.3 Å². The van der Waals surface area contributed by atoms with Crippen molar-refractivity contribution in [1.82, 2.24) is 9.88 Å².